The first-order chi connectivity index (χ1) is 13.3. The van der Waals surface area contributed by atoms with Gasteiger partial charge in [0.05, 0.1) is 6.04 Å². The van der Waals surface area contributed by atoms with Gasteiger partial charge in [0.15, 0.2) is 5.76 Å². The summed E-state index contributed by atoms with van der Waals surface area (Å²) in [4.78, 5) is 30.0. The van der Waals surface area contributed by atoms with Crippen LogP contribution in [0.4, 0.5) is 0 Å². The zero-order valence-electron chi connectivity index (χ0n) is 17.3. The van der Waals surface area contributed by atoms with Crippen molar-refractivity contribution in [2.75, 3.05) is 19.6 Å². The van der Waals surface area contributed by atoms with Crippen molar-refractivity contribution in [2.24, 2.45) is 11.8 Å². The zero-order valence-corrected chi connectivity index (χ0v) is 17.3. The molecule has 1 aromatic carbocycles. The fourth-order valence-electron chi connectivity index (χ4n) is 4.23. The van der Waals surface area contributed by atoms with E-state index in [0.29, 0.717) is 37.1 Å². The van der Waals surface area contributed by atoms with Crippen LogP contribution in [0.25, 0.3) is 11.0 Å². The van der Waals surface area contributed by atoms with Gasteiger partial charge in [-0.3, -0.25) is 9.59 Å². The van der Waals surface area contributed by atoms with Crippen molar-refractivity contribution in [1.29, 1.82) is 0 Å². The van der Waals surface area contributed by atoms with Crippen molar-refractivity contribution in [3.05, 3.63) is 35.1 Å². The van der Waals surface area contributed by atoms with E-state index in [4.69, 9.17) is 4.42 Å². The van der Waals surface area contributed by atoms with E-state index >= 15 is 0 Å². The molecule has 0 unspecified atom stereocenters. The number of rotatable bonds is 4. The van der Waals surface area contributed by atoms with Gasteiger partial charge >= 0.3 is 0 Å². The molecule has 1 aliphatic carbocycles. The number of hydrogen-bond acceptors (Lipinski definition) is 3. The van der Waals surface area contributed by atoms with Gasteiger partial charge in [-0.05, 0) is 50.7 Å². The summed E-state index contributed by atoms with van der Waals surface area (Å²) in [6.45, 7) is 10.1. The summed E-state index contributed by atoms with van der Waals surface area (Å²) in [6, 6.07) is 6.04. The van der Waals surface area contributed by atoms with Crippen LogP contribution in [0.5, 0.6) is 0 Å². The number of carbonyl (C=O) groups is 2. The molecule has 150 valence electrons. The first kappa shape index (κ1) is 19.0. The Hall–Kier alpha value is -2.30. The molecular formula is C23H30N2O3. The van der Waals surface area contributed by atoms with Gasteiger partial charge in [-0.15, -0.1) is 0 Å². The van der Waals surface area contributed by atoms with Crippen LogP contribution in [0.1, 0.15) is 54.8 Å². The molecule has 0 spiro atoms. The van der Waals surface area contributed by atoms with Gasteiger partial charge in [0.25, 0.3) is 5.91 Å². The molecule has 1 aromatic heterocycles. The topological polar surface area (TPSA) is 53.8 Å². The van der Waals surface area contributed by atoms with E-state index in [2.05, 4.69) is 19.9 Å². The number of fused-ring (bicyclic) bond motifs is 1. The van der Waals surface area contributed by atoms with E-state index in [0.717, 1.165) is 28.6 Å². The highest BCUT2D eigenvalue weighted by Crippen LogP contribution is 2.33. The molecule has 2 amide bonds. The van der Waals surface area contributed by atoms with Gasteiger partial charge in [0.1, 0.15) is 5.58 Å². The van der Waals surface area contributed by atoms with Crippen LogP contribution in [-0.4, -0.2) is 47.3 Å². The average Bonchev–Trinajstić information content (AvgIpc) is 3.44. The summed E-state index contributed by atoms with van der Waals surface area (Å²) < 4.78 is 5.94. The molecule has 5 nitrogen and oxygen atoms in total. The first-order valence-corrected chi connectivity index (χ1v) is 10.4. The molecule has 1 saturated carbocycles. The minimum atomic E-state index is -0.0990. The maximum Gasteiger partial charge on any atom is 0.289 e. The molecule has 0 radical (unpaired) electrons. The van der Waals surface area contributed by atoms with Crippen molar-refractivity contribution in [2.45, 2.75) is 53.0 Å². The monoisotopic (exact) mass is 382 g/mol. The van der Waals surface area contributed by atoms with Crippen molar-refractivity contribution in [3.63, 3.8) is 0 Å². The third kappa shape index (κ3) is 3.54. The van der Waals surface area contributed by atoms with Gasteiger partial charge in [-0.1, -0.05) is 25.5 Å². The van der Waals surface area contributed by atoms with Crippen molar-refractivity contribution in [1.82, 2.24) is 9.80 Å². The van der Waals surface area contributed by atoms with Crippen LogP contribution in [-0.2, 0) is 4.79 Å². The number of hydrogen-bond donors (Lipinski definition) is 0. The third-order valence-electron chi connectivity index (χ3n) is 6.22. The molecule has 0 N–H and O–H groups in total. The minimum Gasteiger partial charge on any atom is -0.451 e. The molecule has 5 heteroatoms. The predicted molar refractivity (Wildman–Crippen MR) is 109 cm³/mol. The summed E-state index contributed by atoms with van der Waals surface area (Å²) >= 11 is 0. The standard InChI is InChI=1S/C23H30N2O3/c1-14(2)19-13-24(10-9-21(26)25(19)12-17-6-7-17)23(27)22-16(4)18-11-15(3)5-8-20(18)28-22/h5,8,11,14,17,19H,6-7,9-10,12-13H2,1-4H3/t19-/m1/s1. The normalized spacial score (nSPS) is 20.9. The molecule has 2 aromatic rings. The molecule has 2 aliphatic rings. The molecule has 2 fully saturated rings. The summed E-state index contributed by atoms with van der Waals surface area (Å²) in [5.74, 6) is 1.44. The van der Waals surface area contributed by atoms with Gasteiger partial charge in [-0.2, -0.15) is 0 Å². The highest BCUT2D eigenvalue weighted by atomic mass is 16.3. The lowest BCUT2D eigenvalue weighted by molar-refractivity contribution is -0.133. The summed E-state index contributed by atoms with van der Waals surface area (Å²) in [6.07, 6.45) is 2.82. The fourth-order valence-corrected chi connectivity index (χ4v) is 4.23. The van der Waals surface area contributed by atoms with Crippen LogP contribution in [0.3, 0.4) is 0 Å². The Morgan fingerprint density at radius 1 is 1.25 bits per heavy atom. The highest BCUT2D eigenvalue weighted by Gasteiger charge is 2.37. The second-order valence-corrected chi connectivity index (χ2v) is 8.86. The van der Waals surface area contributed by atoms with E-state index in [9.17, 15) is 9.59 Å². The van der Waals surface area contributed by atoms with Gasteiger partial charge < -0.3 is 14.2 Å². The molecule has 1 atom stereocenters. The van der Waals surface area contributed by atoms with E-state index in [1.165, 1.54) is 12.8 Å². The van der Waals surface area contributed by atoms with Crippen molar-refractivity contribution < 1.29 is 14.0 Å². The Balaban J connectivity index is 1.62. The Kier molecular flexibility index (Phi) is 4.94. The van der Waals surface area contributed by atoms with Crippen LogP contribution >= 0.6 is 0 Å². The molecule has 1 aliphatic heterocycles. The third-order valence-corrected chi connectivity index (χ3v) is 6.22. The second kappa shape index (κ2) is 7.26. The van der Waals surface area contributed by atoms with Crippen molar-refractivity contribution in [3.8, 4) is 0 Å². The Labute approximate surface area is 166 Å². The average molecular weight is 383 g/mol. The highest BCUT2D eigenvalue weighted by molar-refractivity contribution is 5.99. The maximum absolute atomic E-state index is 13.3. The number of carbonyl (C=O) groups excluding carboxylic acids is 2. The Morgan fingerprint density at radius 2 is 2.00 bits per heavy atom. The lowest BCUT2D eigenvalue weighted by atomic mass is 10.0. The Bertz CT molecular complexity index is 910. The number of amides is 2. The summed E-state index contributed by atoms with van der Waals surface area (Å²) in [5.41, 5.74) is 2.77. The maximum atomic E-state index is 13.3. The van der Waals surface area contributed by atoms with Crippen LogP contribution in [0, 0.1) is 25.7 Å². The summed E-state index contributed by atoms with van der Waals surface area (Å²) in [7, 11) is 0. The Morgan fingerprint density at radius 3 is 2.68 bits per heavy atom. The van der Waals surface area contributed by atoms with Crippen molar-refractivity contribution >= 4 is 22.8 Å². The van der Waals surface area contributed by atoms with Crippen LogP contribution in [0.15, 0.2) is 22.6 Å². The molecule has 1 saturated heterocycles. The predicted octanol–water partition coefficient (Wildman–Crippen LogP) is 4.16. The zero-order chi connectivity index (χ0) is 20.0. The minimum absolute atomic E-state index is 0.0616. The van der Waals surface area contributed by atoms with Crippen LogP contribution < -0.4 is 0 Å². The number of nitrogens with zero attached hydrogens (tertiary/aromatic N) is 2. The lowest BCUT2D eigenvalue weighted by Crippen LogP contribution is -2.48. The molecule has 4 rings (SSSR count). The fraction of sp³-hybridized carbons (Fsp3) is 0.565. The van der Waals surface area contributed by atoms with Gasteiger partial charge in [0.2, 0.25) is 5.91 Å². The summed E-state index contributed by atoms with van der Waals surface area (Å²) in [5, 5.41) is 0.991. The van der Waals surface area contributed by atoms with E-state index in [1.807, 2.05) is 35.8 Å². The van der Waals surface area contributed by atoms with Gasteiger partial charge in [-0.25, -0.2) is 0 Å². The number of furan rings is 1. The van der Waals surface area contributed by atoms with Crippen LogP contribution in [0.2, 0.25) is 0 Å². The lowest BCUT2D eigenvalue weighted by Gasteiger charge is -2.34. The van der Waals surface area contributed by atoms with E-state index in [-0.39, 0.29) is 17.9 Å². The quantitative estimate of drug-likeness (QED) is 0.798. The number of aryl methyl sites for hydroxylation is 2. The van der Waals surface area contributed by atoms with E-state index < -0.39 is 0 Å². The first-order valence-electron chi connectivity index (χ1n) is 10.4. The smallest absolute Gasteiger partial charge is 0.289 e. The molecule has 0 bridgehead atoms. The van der Waals surface area contributed by atoms with E-state index in [1.54, 1.807) is 0 Å². The SMILES string of the molecule is Cc1ccc2oc(C(=O)N3CCC(=O)N(CC4CC4)[C@@H](C(C)C)C3)c(C)c2c1. The number of benzene rings is 1. The van der Waals surface area contributed by atoms with Gasteiger partial charge in [0, 0.05) is 37.0 Å². The molecule has 28 heavy (non-hydrogen) atoms. The molecule has 2 heterocycles. The second-order valence-electron chi connectivity index (χ2n) is 8.86. The largest absolute Gasteiger partial charge is 0.451 e. The molecular weight excluding hydrogens is 352 g/mol.